The van der Waals surface area contributed by atoms with Gasteiger partial charge in [0.25, 0.3) is 11.8 Å². The molecule has 2 amide bonds. The van der Waals surface area contributed by atoms with Crippen LogP contribution in [0.15, 0.2) is 70.8 Å². The van der Waals surface area contributed by atoms with E-state index in [0.717, 1.165) is 16.1 Å². The Balaban J connectivity index is 1.42. The number of carbonyl (C=O) groups is 4. The van der Waals surface area contributed by atoms with Crippen LogP contribution in [-0.2, 0) is 25.4 Å². The molecule has 3 aliphatic carbocycles. The van der Waals surface area contributed by atoms with Gasteiger partial charge in [-0.3, -0.25) is 24.2 Å². The van der Waals surface area contributed by atoms with Crippen molar-refractivity contribution < 1.29 is 37.5 Å². The monoisotopic (exact) mass is 597 g/mol. The van der Waals surface area contributed by atoms with E-state index in [2.05, 4.69) is 4.98 Å². The van der Waals surface area contributed by atoms with Crippen LogP contribution in [0.3, 0.4) is 0 Å². The number of rotatable bonds is 3. The maximum atomic E-state index is 14.0. The summed E-state index contributed by atoms with van der Waals surface area (Å²) in [6.45, 7) is 1.54. The number of hydrogen-bond acceptors (Lipinski definition) is 7. The molecule has 0 radical (unpaired) electrons. The number of Topliss-reactive ketones (excluding diaryl/α,β-unsaturated/α-hetero) is 1. The molecule has 1 fully saturated rings. The fourth-order valence-electron chi connectivity index (χ4n) is 6.62. The number of ketones is 2. The Morgan fingerprint density at radius 2 is 1.71 bits per heavy atom. The molecule has 4 atom stereocenters. The topological polar surface area (TPSA) is 108 Å². The van der Waals surface area contributed by atoms with Crippen LogP contribution < -0.4 is 5.01 Å². The van der Waals surface area contributed by atoms with Crippen LogP contribution in [0.5, 0.6) is 5.75 Å². The van der Waals surface area contributed by atoms with Gasteiger partial charge in [0.1, 0.15) is 11.4 Å². The number of phenolic OH excluding ortho intramolecular Hbond substituents is 1. The number of aromatic hydroxyl groups is 1. The maximum absolute atomic E-state index is 14.0. The zero-order valence-corrected chi connectivity index (χ0v) is 23.0. The first-order chi connectivity index (χ1) is 19.8. The molecule has 2 heterocycles. The van der Waals surface area contributed by atoms with Crippen molar-refractivity contribution in [2.45, 2.75) is 31.9 Å². The molecule has 0 bridgehead atoms. The summed E-state index contributed by atoms with van der Waals surface area (Å²) in [5.74, 6) is -5.42. The maximum Gasteiger partial charge on any atom is 0.433 e. The van der Waals surface area contributed by atoms with Gasteiger partial charge in [0.15, 0.2) is 17.4 Å². The number of fused-ring (bicyclic) bond motifs is 3. The lowest BCUT2D eigenvalue weighted by molar-refractivity contribution is -0.141. The second-order valence-corrected chi connectivity index (χ2v) is 11.2. The van der Waals surface area contributed by atoms with Gasteiger partial charge >= 0.3 is 6.18 Å². The van der Waals surface area contributed by atoms with Gasteiger partial charge in [-0.2, -0.15) is 18.2 Å². The molecule has 0 saturated carbocycles. The van der Waals surface area contributed by atoms with E-state index in [1.807, 2.05) is 6.08 Å². The number of aromatic nitrogens is 1. The molecule has 8 nitrogen and oxygen atoms in total. The van der Waals surface area contributed by atoms with Gasteiger partial charge in [-0.05, 0) is 61.6 Å². The summed E-state index contributed by atoms with van der Waals surface area (Å²) in [6.07, 6.45) is -1.47. The number of allylic oxidation sites excluding steroid dienone is 6. The molecule has 1 aromatic carbocycles. The highest BCUT2D eigenvalue weighted by molar-refractivity contribution is 6.33. The van der Waals surface area contributed by atoms with Gasteiger partial charge in [-0.25, -0.2) is 4.98 Å². The van der Waals surface area contributed by atoms with Crippen molar-refractivity contribution in [3.05, 3.63) is 87.1 Å². The van der Waals surface area contributed by atoms with Crippen LogP contribution in [0.4, 0.5) is 19.0 Å². The fourth-order valence-corrected chi connectivity index (χ4v) is 6.85. The third kappa shape index (κ3) is 4.17. The number of imide groups is 1. The third-order valence-electron chi connectivity index (χ3n) is 8.49. The van der Waals surface area contributed by atoms with Gasteiger partial charge in [0.05, 0.1) is 16.9 Å². The summed E-state index contributed by atoms with van der Waals surface area (Å²) in [5.41, 5.74) is 0.952. The number of amides is 2. The van der Waals surface area contributed by atoms with E-state index in [1.165, 1.54) is 25.3 Å². The van der Waals surface area contributed by atoms with Gasteiger partial charge in [-0.1, -0.05) is 35.4 Å². The first-order valence-corrected chi connectivity index (χ1v) is 13.5. The normalized spacial score (nSPS) is 25.6. The Bertz CT molecular complexity index is 1680. The van der Waals surface area contributed by atoms with E-state index in [0.29, 0.717) is 22.8 Å². The minimum Gasteiger partial charge on any atom is -0.508 e. The number of hydrogen-bond donors (Lipinski definition) is 1. The van der Waals surface area contributed by atoms with Crippen LogP contribution >= 0.6 is 11.6 Å². The standard InChI is InChI=1S/C30H23ClF3N3O5/c1-13-11-21(39)25-19(26(13)40)12-18-16(23(25)14-3-5-15(38)6-4-14)7-8-17-24(18)29(42)37(28(17)41)36(2)27-20(31)9-10-22(35-27)30(32,33)34/h3-7,9-11,17-18,23-24,38H,8,12H2,1-2H3. The Labute approximate surface area is 242 Å². The van der Waals surface area contributed by atoms with Crippen LogP contribution in [-0.4, -0.2) is 45.5 Å². The molecular weight excluding hydrogens is 575 g/mol. The van der Waals surface area contributed by atoms with Gasteiger partial charge < -0.3 is 5.11 Å². The predicted octanol–water partition coefficient (Wildman–Crippen LogP) is 4.94. The molecule has 4 unspecified atom stereocenters. The molecule has 42 heavy (non-hydrogen) atoms. The number of alkyl halides is 3. The number of phenols is 1. The van der Waals surface area contributed by atoms with Crippen LogP contribution in [0, 0.1) is 17.8 Å². The lowest BCUT2D eigenvalue weighted by Gasteiger charge is -2.42. The van der Waals surface area contributed by atoms with Crippen LogP contribution in [0.1, 0.15) is 36.9 Å². The molecule has 0 spiro atoms. The van der Waals surface area contributed by atoms with Crippen molar-refractivity contribution in [2.24, 2.45) is 17.8 Å². The largest absolute Gasteiger partial charge is 0.508 e. The second-order valence-electron chi connectivity index (χ2n) is 10.8. The third-order valence-corrected chi connectivity index (χ3v) is 8.78. The number of anilines is 1. The molecule has 4 aliphatic rings. The number of halogens is 4. The fraction of sp³-hybridized carbons (Fsp3) is 0.300. The van der Waals surface area contributed by atoms with E-state index in [-0.39, 0.29) is 46.3 Å². The number of benzene rings is 1. The SMILES string of the molecule is CC1=CC(=O)C2=C(CC3C(=CCC4C(=O)N(N(C)c5nc(C(F)(F)F)ccc5Cl)C(=O)C43)C2c2ccc(O)cc2)C1=O. The van der Waals surface area contributed by atoms with E-state index in [1.54, 1.807) is 19.1 Å². The lowest BCUT2D eigenvalue weighted by Crippen LogP contribution is -2.46. The summed E-state index contributed by atoms with van der Waals surface area (Å²) >= 11 is 6.17. The smallest absolute Gasteiger partial charge is 0.433 e. The molecule has 2 aromatic rings. The highest BCUT2D eigenvalue weighted by Gasteiger charge is 2.57. The summed E-state index contributed by atoms with van der Waals surface area (Å²) < 4.78 is 40.2. The van der Waals surface area contributed by atoms with E-state index < -0.39 is 53.2 Å². The van der Waals surface area contributed by atoms with Crippen LogP contribution in [0.25, 0.3) is 0 Å². The van der Waals surface area contributed by atoms with Gasteiger partial charge in [-0.15, -0.1) is 0 Å². The zero-order chi connectivity index (χ0) is 30.2. The van der Waals surface area contributed by atoms with Crippen molar-refractivity contribution in [3.8, 4) is 5.75 Å². The average molecular weight is 598 g/mol. The minimum atomic E-state index is -4.78. The summed E-state index contributed by atoms with van der Waals surface area (Å²) in [6, 6.07) is 7.93. The van der Waals surface area contributed by atoms with E-state index >= 15 is 0 Å². The molecule has 1 aliphatic heterocycles. The first-order valence-electron chi connectivity index (χ1n) is 13.1. The summed E-state index contributed by atoms with van der Waals surface area (Å²) in [7, 11) is 1.24. The molecular formula is C30H23ClF3N3O5. The Morgan fingerprint density at radius 1 is 1.02 bits per heavy atom. The predicted molar refractivity (Wildman–Crippen MR) is 144 cm³/mol. The van der Waals surface area contributed by atoms with Crippen molar-refractivity contribution in [2.75, 3.05) is 12.1 Å². The van der Waals surface area contributed by atoms with Crippen molar-refractivity contribution in [3.63, 3.8) is 0 Å². The van der Waals surface area contributed by atoms with Gasteiger partial charge in [0, 0.05) is 29.7 Å². The highest BCUT2D eigenvalue weighted by atomic mass is 35.5. The summed E-state index contributed by atoms with van der Waals surface area (Å²) in [4.78, 5) is 57.9. The summed E-state index contributed by atoms with van der Waals surface area (Å²) in [5, 5.41) is 11.4. The molecule has 216 valence electrons. The Kier molecular flexibility index (Phi) is 6.41. The molecule has 6 rings (SSSR count). The lowest BCUT2D eigenvalue weighted by atomic mass is 9.59. The molecule has 12 heteroatoms. The zero-order valence-electron chi connectivity index (χ0n) is 22.3. The van der Waals surface area contributed by atoms with Gasteiger partial charge in [0.2, 0.25) is 0 Å². The molecule has 1 aromatic heterocycles. The number of carbonyl (C=O) groups excluding carboxylic acids is 4. The van der Waals surface area contributed by atoms with Crippen LogP contribution in [0.2, 0.25) is 5.02 Å². The second kappa shape index (κ2) is 9.65. The number of nitrogens with zero attached hydrogens (tertiary/aromatic N) is 3. The number of pyridine rings is 1. The first kappa shape index (κ1) is 27.9. The Morgan fingerprint density at radius 3 is 2.38 bits per heavy atom. The van der Waals surface area contributed by atoms with Crippen molar-refractivity contribution >= 4 is 40.8 Å². The highest BCUT2D eigenvalue weighted by Crippen LogP contribution is 2.55. The van der Waals surface area contributed by atoms with E-state index in [9.17, 15) is 37.5 Å². The average Bonchev–Trinajstić information content (AvgIpc) is 3.20. The van der Waals surface area contributed by atoms with Crippen molar-refractivity contribution in [1.29, 1.82) is 0 Å². The van der Waals surface area contributed by atoms with E-state index in [4.69, 9.17) is 11.6 Å². The quantitative estimate of drug-likeness (QED) is 0.303. The molecule has 1 saturated heterocycles. The minimum absolute atomic E-state index is 0.0110. The van der Waals surface area contributed by atoms with Crippen molar-refractivity contribution in [1.82, 2.24) is 9.99 Å². The number of hydrazine groups is 1. The molecule has 1 N–H and O–H groups in total. The Hall–Kier alpha value is -4.25.